The van der Waals surface area contributed by atoms with Gasteiger partial charge in [0, 0.05) is 12.2 Å². The van der Waals surface area contributed by atoms with Gasteiger partial charge in [0.15, 0.2) is 16.3 Å². The zero-order valence-electron chi connectivity index (χ0n) is 24.4. The predicted molar refractivity (Wildman–Crippen MR) is 155 cm³/mol. The van der Waals surface area contributed by atoms with Gasteiger partial charge in [0.1, 0.15) is 25.0 Å². The normalized spacial score (nSPS) is 23.6. The van der Waals surface area contributed by atoms with E-state index in [1.54, 1.807) is 26.8 Å². The minimum absolute atomic E-state index is 0.0140. The van der Waals surface area contributed by atoms with Crippen molar-refractivity contribution in [1.29, 1.82) is 0 Å². The number of ether oxygens (including phenoxy) is 2. The maximum atomic E-state index is 13.2. The molecule has 0 spiro atoms. The number of hydrogen-bond acceptors (Lipinski definition) is 10. The molecule has 2 N–H and O–H groups in total. The zero-order chi connectivity index (χ0) is 29.8. The summed E-state index contributed by atoms with van der Waals surface area (Å²) in [6.45, 7) is 7.34. The van der Waals surface area contributed by atoms with Crippen LogP contribution in [-0.2, 0) is 35.2 Å². The Morgan fingerprint density at radius 3 is 2.76 bits per heavy atom. The van der Waals surface area contributed by atoms with E-state index in [1.807, 2.05) is 6.08 Å². The largest absolute Gasteiger partial charge is 0.473 e. The number of allylic oxidation sites excluding steroid dienone is 1. The minimum atomic E-state index is -1.27. The molecule has 3 heterocycles. The molecule has 3 atom stereocenters. The number of fused-ring (bicyclic) bond motifs is 4. The number of cyclic esters (lactones) is 1. The van der Waals surface area contributed by atoms with Crippen molar-refractivity contribution in [2.24, 2.45) is 10.9 Å². The number of nitrogens with one attached hydrogen (secondary N) is 2. The summed E-state index contributed by atoms with van der Waals surface area (Å²) in [6.07, 6.45) is 10.5. The van der Waals surface area contributed by atoms with Crippen molar-refractivity contribution in [2.45, 2.75) is 103 Å². The van der Waals surface area contributed by atoms with Crippen molar-refractivity contribution in [3.05, 3.63) is 30.0 Å². The van der Waals surface area contributed by atoms with E-state index in [4.69, 9.17) is 13.9 Å². The van der Waals surface area contributed by atoms with Gasteiger partial charge in [-0.15, -0.1) is 0 Å². The van der Waals surface area contributed by atoms with Crippen molar-refractivity contribution >= 4 is 40.6 Å². The maximum absolute atomic E-state index is 13.2. The number of thioether (sulfide) groups is 1. The quantitative estimate of drug-likeness (QED) is 0.223. The second kappa shape index (κ2) is 15.7. The fourth-order valence-corrected chi connectivity index (χ4v) is 5.03. The van der Waals surface area contributed by atoms with Gasteiger partial charge in [0.25, 0.3) is 5.91 Å². The molecule has 12 heteroatoms. The van der Waals surface area contributed by atoms with E-state index in [0.717, 1.165) is 19.3 Å². The Morgan fingerprint density at radius 2 is 2.00 bits per heavy atom. The van der Waals surface area contributed by atoms with Crippen molar-refractivity contribution < 1.29 is 33.1 Å². The lowest BCUT2D eigenvalue weighted by Gasteiger charge is -2.26. The summed E-state index contributed by atoms with van der Waals surface area (Å²) in [7, 11) is 0. The number of esters is 1. The van der Waals surface area contributed by atoms with Gasteiger partial charge in [-0.25, -0.2) is 14.8 Å². The summed E-state index contributed by atoms with van der Waals surface area (Å²) < 4.78 is 16.8. The van der Waals surface area contributed by atoms with Crippen molar-refractivity contribution in [3.8, 4) is 0 Å². The number of carbonyl (C=O) groups is 4. The van der Waals surface area contributed by atoms with E-state index >= 15 is 0 Å². The monoisotopic (exact) mass is 590 g/mol. The van der Waals surface area contributed by atoms with Crippen LogP contribution in [0.3, 0.4) is 0 Å². The summed E-state index contributed by atoms with van der Waals surface area (Å²) >= 11 is 1.29. The molecular formula is C29H42N4O7S. The number of unbranched alkanes of at least 4 members (excludes halogenated alkanes) is 4. The van der Waals surface area contributed by atoms with E-state index in [0.29, 0.717) is 24.3 Å². The second-order valence-corrected chi connectivity index (χ2v) is 12.0. The lowest BCUT2D eigenvalue weighted by atomic mass is 10.00. The van der Waals surface area contributed by atoms with Crippen LogP contribution in [0.15, 0.2) is 27.8 Å². The zero-order valence-corrected chi connectivity index (χ0v) is 25.2. The molecule has 2 aliphatic heterocycles. The Kier molecular flexibility index (Phi) is 12.4. The number of carbonyl (C=O) groups excluding carboxylic acids is 4. The van der Waals surface area contributed by atoms with Crippen LogP contribution in [0.4, 0.5) is 0 Å². The predicted octanol–water partition coefficient (Wildman–Crippen LogP) is 3.85. The Labute approximate surface area is 245 Å². The van der Waals surface area contributed by atoms with Gasteiger partial charge in [-0.1, -0.05) is 64.3 Å². The van der Waals surface area contributed by atoms with Gasteiger partial charge in [-0.3, -0.25) is 14.4 Å². The lowest BCUT2D eigenvalue weighted by molar-refractivity contribution is -0.153. The van der Waals surface area contributed by atoms with Crippen LogP contribution in [0.2, 0.25) is 0 Å². The first-order chi connectivity index (χ1) is 19.6. The smallest absolute Gasteiger partial charge is 0.329 e. The lowest BCUT2D eigenvalue weighted by Crippen LogP contribution is -2.53. The molecule has 0 saturated heterocycles. The Morgan fingerprint density at radius 1 is 1.22 bits per heavy atom. The molecule has 4 bridgehead atoms. The molecule has 0 aromatic carbocycles. The van der Waals surface area contributed by atoms with Gasteiger partial charge in [0.2, 0.25) is 17.7 Å². The van der Waals surface area contributed by atoms with Gasteiger partial charge >= 0.3 is 5.97 Å². The van der Waals surface area contributed by atoms with Crippen LogP contribution in [0.1, 0.15) is 90.6 Å². The van der Waals surface area contributed by atoms with Gasteiger partial charge < -0.3 is 24.5 Å². The van der Waals surface area contributed by atoms with Crippen LogP contribution in [0.25, 0.3) is 0 Å². The first-order valence-electron chi connectivity index (χ1n) is 14.4. The average molecular weight is 591 g/mol. The Hall–Kier alpha value is -3.15. The Bertz CT molecular complexity index is 1130. The topological polar surface area (TPSA) is 149 Å². The van der Waals surface area contributed by atoms with Crippen molar-refractivity contribution in [2.75, 3.05) is 12.4 Å². The average Bonchev–Trinajstić information content (AvgIpc) is 3.56. The van der Waals surface area contributed by atoms with Gasteiger partial charge in [0.05, 0.1) is 13.0 Å². The highest BCUT2D eigenvalue weighted by Crippen LogP contribution is 2.23. The summed E-state index contributed by atoms with van der Waals surface area (Å²) in [5.41, 5.74) is -0.955. The first-order valence-corrected chi connectivity index (χ1v) is 15.4. The molecule has 3 rings (SSSR count). The number of hydrogen-bond donors (Lipinski definition) is 2. The number of rotatable bonds is 11. The molecule has 1 aromatic heterocycles. The highest BCUT2D eigenvalue weighted by Gasteiger charge is 2.43. The second-order valence-electron chi connectivity index (χ2n) is 10.9. The summed E-state index contributed by atoms with van der Waals surface area (Å²) in [6, 6.07) is -0.963. The fourth-order valence-electron chi connectivity index (χ4n) is 4.26. The van der Waals surface area contributed by atoms with Crippen LogP contribution in [0, 0.1) is 5.92 Å². The highest BCUT2D eigenvalue weighted by atomic mass is 32.2. The molecule has 0 fully saturated rings. The van der Waals surface area contributed by atoms with Crippen LogP contribution >= 0.6 is 11.8 Å². The third kappa shape index (κ3) is 10.0. The van der Waals surface area contributed by atoms with Crippen molar-refractivity contribution in [1.82, 2.24) is 15.6 Å². The molecule has 2 aliphatic rings. The number of nitrogens with zero attached hydrogens (tertiary/aromatic N) is 2. The summed E-state index contributed by atoms with van der Waals surface area (Å²) in [5, 5.41) is 5.65. The molecule has 2 amide bonds. The molecule has 41 heavy (non-hydrogen) atoms. The molecular weight excluding hydrogens is 548 g/mol. The molecule has 1 unspecified atom stereocenters. The van der Waals surface area contributed by atoms with Crippen LogP contribution in [-0.4, -0.2) is 63.8 Å². The fraction of sp³-hybridized carbons (Fsp3) is 0.655. The molecule has 0 aliphatic carbocycles. The molecule has 1 aromatic rings. The molecule has 0 saturated carbocycles. The summed E-state index contributed by atoms with van der Waals surface area (Å²) in [4.78, 5) is 60.0. The van der Waals surface area contributed by atoms with Gasteiger partial charge in [-0.05, 0) is 31.8 Å². The minimum Gasteiger partial charge on any atom is -0.473 e. The number of amides is 2. The maximum Gasteiger partial charge on any atom is 0.329 e. The van der Waals surface area contributed by atoms with E-state index in [2.05, 4.69) is 27.5 Å². The van der Waals surface area contributed by atoms with E-state index in [1.165, 1.54) is 30.9 Å². The molecule has 226 valence electrons. The number of aromatic nitrogens is 1. The SMILES string of the molecule is CCCCCCCC(=O)SCCC=C[C@@H]1CC(=O)NCc2nc(co2)C2=N[C@@](C)(CO2)C(=O)NC(C(C)C)C(=O)O1. The third-order valence-electron chi connectivity index (χ3n) is 6.78. The van der Waals surface area contributed by atoms with Crippen molar-refractivity contribution in [3.63, 3.8) is 0 Å². The highest BCUT2D eigenvalue weighted by molar-refractivity contribution is 8.13. The number of oxazole rings is 1. The Balaban J connectivity index is 1.66. The van der Waals surface area contributed by atoms with Crippen LogP contribution in [0.5, 0.6) is 0 Å². The van der Waals surface area contributed by atoms with E-state index in [-0.39, 0.29) is 48.3 Å². The summed E-state index contributed by atoms with van der Waals surface area (Å²) in [5.74, 6) is -0.830. The molecule has 0 radical (unpaired) electrons. The van der Waals surface area contributed by atoms with Gasteiger partial charge in [-0.2, -0.15) is 0 Å². The third-order valence-corrected chi connectivity index (χ3v) is 7.75. The molecule has 11 nitrogen and oxygen atoms in total. The first kappa shape index (κ1) is 32.4. The van der Waals surface area contributed by atoms with E-state index < -0.39 is 29.6 Å². The van der Waals surface area contributed by atoms with Crippen LogP contribution < -0.4 is 10.6 Å². The number of aliphatic imine (C=N–C) groups is 1. The standard InChI is InChI=1S/C29H42N4O7S/c1-5-6-7-8-9-13-24(35)41-14-11-10-12-20-15-22(34)30-16-23-31-21(17-38-23)26-33-29(4,18-39-26)28(37)32-25(19(2)3)27(36)40-20/h10,12,17,19-20,25H,5-9,11,13-16,18H2,1-4H3,(H,30,34)(H,32,37)/t20-,25?,29+/m1/s1. The van der Waals surface area contributed by atoms with E-state index in [9.17, 15) is 19.2 Å².